The number of benzene rings is 1. The Labute approximate surface area is 109 Å². The summed E-state index contributed by atoms with van der Waals surface area (Å²) in [5, 5.41) is 10.6. The Bertz CT molecular complexity index is 700. The molecule has 0 saturated carbocycles. The lowest BCUT2D eigenvalue weighted by Gasteiger charge is -2.04. The Hall–Kier alpha value is -1.91. The third-order valence-electron chi connectivity index (χ3n) is 2.34. The van der Waals surface area contributed by atoms with E-state index in [1.807, 2.05) is 0 Å². The minimum atomic E-state index is -3.62. The molecule has 7 heteroatoms. The number of rotatable bonds is 3. The van der Waals surface area contributed by atoms with Crippen LogP contribution in [0.15, 0.2) is 39.9 Å². The van der Waals surface area contributed by atoms with Crippen LogP contribution in [0.5, 0.6) is 0 Å². The first-order valence-electron chi connectivity index (χ1n) is 5.05. The van der Waals surface area contributed by atoms with Gasteiger partial charge in [0.05, 0.1) is 0 Å². The Morgan fingerprint density at radius 1 is 1.28 bits per heavy atom. The van der Waals surface area contributed by atoms with Crippen LogP contribution < -0.4 is 4.72 Å². The molecule has 1 aromatic carbocycles. The molecule has 0 unspecified atom stereocenters. The molecule has 0 fully saturated rings. The SMILES string of the molecule is Cc1cccc(NS(=O)(=O)c2cccs2)c1[N+]#N. The summed E-state index contributed by atoms with van der Waals surface area (Å²) in [6, 6.07) is 8.15. The number of sulfonamides is 1. The van der Waals surface area contributed by atoms with E-state index in [1.165, 1.54) is 6.07 Å². The van der Waals surface area contributed by atoms with Crippen LogP contribution in [0.1, 0.15) is 5.56 Å². The quantitative estimate of drug-likeness (QED) is 0.876. The predicted molar refractivity (Wildman–Crippen MR) is 71.1 cm³/mol. The standard InChI is InChI=1S/C11H10N3O2S2/c1-8-4-2-5-9(11(8)13-12)14-18(15,16)10-6-3-7-17-10/h2-7,14H,1H3/q+1. The lowest BCUT2D eigenvalue weighted by molar-refractivity contribution is 0.603. The molecule has 2 rings (SSSR count). The van der Waals surface area contributed by atoms with Gasteiger partial charge in [-0.05, 0) is 24.4 Å². The number of hydrogen-bond acceptors (Lipinski definition) is 4. The first-order valence-corrected chi connectivity index (χ1v) is 7.42. The summed E-state index contributed by atoms with van der Waals surface area (Å²) >= 11 is 1.12. The zero-order valence-electron chi connectivity index (χ0n) is 9.49. The zero-order chi connectivity index (χ0) is 13.2. The van der Waals surface area contributed by atoms with E-state index in [9.17, 15) is 8.42 Å². The molecule has 5 nitrogen and oxygen atoms in total. The maximum Gasteiger partial charge on any atom is 0.411 e. The van der Waals surface area contributed by atoms with Gasteiger partial charge in [-0.15, -0.1) is 11.3 Å². The summed E-state index contributed by atoms with van der Waals surface area (Å²) in [5.74, 6) is 0. The van der Waals surface area contributed by atoms with Crippen molar-refractivity contribution in [2.45, 2.75) is 11.1 Å². The van der Waals surface area contributed by atoms with Crippen LogP contribution in [0.3, 0.4) is 0 Å². The molecule has 0 atom stereocenters. The highest BCUT2D eigenvalue weighted by atomic mass is 32.2. The largest absolute Gasteiger partial charge is 0.411 e. The minimum absolute atomic E-state index is 0.216. The molecular weight excluding hydrogens is 270 g/mol. The van der Waals surface area contributed by atoms with E-state index < -0.39 is 10.0 Å². The predicted octanol–water partition coefficient (Wildman–Crippen LogP) is 3.34. The fourth-order valence-corrected chi connectivity index (χ4v) is 3.54. The van der Waals surface area contributed by atoms with Crippen molar-refractivity contribution in [3.63, 3.8) is 0 Å². The van der Waals surface area contributed by atoms with Gasteiger partial charge in [-0.25, -0.2) is 8.42 Å². The highest BCUT2D eigenvalue weighted by Gasteiger charge is 2.23. The number of anilines is 1. The third-order valence-corrected chi connectivity index (χ3v) is 5.10. The van der Waals surface area contributed by atoms with Crippen molar-refractivity contribution in [3.05, 3.63) is 46.3 Å². The van der Waals surface area contributed by atoms with Gasteiger partial charge in [-0.3, -0.25) is 4.72 Å². The molecule has 1 aromatic heterocycles. The lowest BCUT2D eigenvalue weighted by atomic mass is 10.2. The molecule has 0 saturated heterocycles. The van der Waals surface area contributed by atoms with E-state index in [0.29, 0.717) is 5.56 Å². The van der Waals surface area contributed by atoms with Gasteiger partial charge in [0.15, 0.2) is 4.98 Å². The van der Waals surface area contributed by atoms with E-state index in [0.717, 1.165) is 11.3 Å². The van der Waals surface area contributed by atoms with Gasteiger partial charge in [0.2, 0.25) is 5.39 Å². The van der Waals surface area contributed by atoms with Crippen molar-refractivity contribution >= 4 is 32.7 Å². The van der Waals surface area contributed by atoms with Gasteiger partial charge in [0.1, 0.15) is 9.90 Å². The fraction of sp³-hybridized carbons (Fsp3) is 0.0909. The third kappa shape index (κ3) is 2.34. The molecule has 0 aliphatic carbocycles. The first kappa shape index (κ1) is 12.5. The monoisotopic (exact) mass is 280 g/mol. The van der Waals surface area contributed by atoms with E-state index in [4.69, 9.17) is 5.39 Å². The topological polar surface area (TPSA) is 74.3 Å². The molecule has 0 aliphatic heterocycles. The Morgan fingerprint density at radius 2 is 2.06 bits per heavy atom. The van der Waals surface area contributed by atoms with Gasteiger partial charge in [-0.1, -0.05) is 18.2 Å². The van der Waals surface area contributed by atoms with Crippen LogP contribution >= 0.6 is 11.3 Å². The van der Waals surface area contributed by atoms with Crippen LogP contribution in [-0.2, 0) is 10.0 Å². The molecule has 0 aliphatic rings. The Morgan fingerprint density at radius 3 is 2.67 bits per heavy atom. The summed E-state index contributed by atoms with van der Waals surface area (Å²) in [6.07, 6.45) is 0. The summed E-state index contributed by atoms with van der Waals surface area (Å²) in [7, 11) is -3.62. The van der Waals surface area contributed by atoms with Crippen LogP contribution in [-0.4, -0.2) is 8.42 Å². The van der Waals surface area contributed by atoms with Crippen molar-refractivity contribution in [1.82, 2.24) is 0 Å². The number of diazo groups is 1. The van der Waals surface area contributed by atoms with Gasteiger partial charge in [-0.2, -0.15) is 0 Å². The summed E-state index contributed by atoms with van der Waals surface area (Å²) < 4.78 is 26.7. The summed E-state index contributed by atoms with van der Waals surface area (Å²) in [4.78, 5) is 3.11. The maximum atomic E-state index is 12.0. The zero-order valence-corrected chi connectivity index (χ0v) is 11.1. The second-order valence-electron chi connectivity index (χ2n) is 3.61. The first-order chi connectivity index (χ1) is 8.54. The van der Waals surface area contributed by atoms with E-state index in [-0.39, 0.29) is 15.6 Å². The molecule has 92 valence electrons. The Balaban J connectivity index is 2.43. The average molecular weight is 280 g/mol. The fourth-order valence-electron chi connectivity index (χ4n) is 1.49. The highest BCUT2D eigenvalue weighted by Crippen LogP contribution is 2.31. The molecular formula is C11H10N3O2S2+. The van der Waals surface area contributed by atoms with Gasteiger partial charge in [0, 0.05) is 5.56 Å². The molecule has 18 heavy (non-hydrogen) atoms. The van der Waals surface area contributed by atoms with Crippen LogP contribution in [0.25, 0.3) is 4.98 Å². The number of thiophene rings is 1. The molecule has 1 N–H and O–H groups in total. The normalized spacial score (nSPS) is 10.9. The van der Waals surface area contributed by atoms with Crippen LogP contribution in [0, 0.1) is 12.3 Å². The van der Waals surface area contributed by atoms with Gasteiger partial charge < -0.3 is 0 Å². The van der Waals surface area contributed by atoms with E-state index in [1.54, 1.807) is 36.6 Å². The Kier molecular flexibility index (Phi) is 3.32. The minimum Gasteiger partial charge on any atom is -0.271 e. The number of nitrogens with one attached hydrogen (secondary N) is 1. The second-order valence-corrected chi connectivity index (χ2v) is 6.47. The molecule has 1 heterocycles. The maximum absolute atomic E-state index is 12.0. The van der Waals surface area contributed by atoms with Crippen molar-refractivity contribution < 1.29 is 8.42 Å². The number of nitrogens with zero attached hydrogens (tertiary/aromatic N) is 2. The van der Waals surface area contributed by atoms with Crippen LogP contribution in [0.2, 0.25) is 0 Å². The molecule has 0 radical (unpaired) electrons. The van der Waals surface area contributed by atoms with Crippen molar-refractivity contribution in [2.75, 3.05) is 4.72 Å². The lowest BCUT2D eigenvalue weighted by Crippen LogP contribution is -2.11. The smallest absolute Gasteiger partial charge is 0.271 e. The molecule has 0 spiro atoms. The average Bonchev–Trinajstić information content (AvgIpc) is 2.83. The van der Waals surface area contributed by atoms with Crippen molar-refractivity contribution in [3.8, 4) is 0 Å². The number of hydrogen-bond donors (Lipinski definition) is 1. The van der Waals surface area contributed by atoms with Crippen molar-refractivity contribution in [1.29, 1.82) is 5.39 Å². The van der Waals surface area contributed by atoms with Gasteiger partial charge >= 0.3 is 5.69 Å². The van der Waals surface area contributed by atoms with Gasteiger partial charge in [0.25, 0.3) is 10.0 Å². The summed E-state index contributed by atoms with van der Waals surface area (Å²) in [6.45, 7) is 1.73. The summed E-state index contributed by atoms with van der Waals surface area (Å²) in [5.41, 5.74) is 1.16. The molecule has 0 bridgehead atoms. The molecule has 2 aromatic rings. The van der Waals surface area contributed by atoms with E-state index in [2.05, 4.69) is 9.70 Å². The van der Waals surface area contributed by atoms with Crippen LogP contribution in [0.4, 0.5) is 11.4 Å². The van der Waals surface area contributed by atoms with Crippen molar-refractivity contribution in [2.24, 2.45) is 0 Å². The number of aryl methyl sites for hydroxylation is 1. The highest BCUT2D eigenvalue weighted by molar-refractivity contribution is 7.94. The molecule has 0 amide bonds. The second kappa shape index (κ2) is 4.76. The van der Waals surface area contributed by atoms with E-state index >= 15 is 0 Å².